The van der Waals surface area contributed by atoms with Crippen LogP contribution in [0.2, 0.25) is 5.02 Å². The molecular weight excluding hydrogens is 258 g/mol. The van der Waals surface area contributed by atoms with E-state index in [0.717, 1.165) is 11.4 Å². The molecule has 0 amide bonds. The lowest BCUT2D eigenvalue weighted by molar-refractivity contribution is 1.20. The number of anilines is 2. The van der Waals surface area contributed by atoms with Gasteiger partial charge in [0.05, 0.1) is 21.8 Å². The van der Waals surface area contributed by atoms with Crippen LogP contribution in [0.15, 0.2) is 42.5 Å². The van der Waals surface area contributed by atoms with E-state index >= 15 is 0 Å². The molecule has 0 saturated heterocycles. The molecule has 0 N–H and O–H groups in total. The molecule has 0 saturated carbocycles. The fourth-order valence-corrected chi connectivity index (χ4v) is 2.02. The zero-order chi connectivity index (χ0) is 13.8. The molecule has 0 aliphatic rings. The minimum Gasteiger partial charge on any atom is -0.344 e. The Bertz CT molecular complexity index is 695. The van der Waals surface area contributed by atoms with Crippen LogP contribution in [0, 0.1) is 22.7 Å². The molecule has 3 nitrogen and oxygen atoms in total. The lowest BCUT2D eigenvalue weighted by Crippen LogP contribution is -2.11. The summed E-state index contributed by atoms with van der Waals surface area (Å²) in [6.07, 6.45) is 0. The highest BCUT2D eigenvalue weighted by molar-refractivity contribution is 6.32. The van der Waals surface area contributed by atoms with E-state index in [1.807, 2.05) is 36.2 Å². The van der Waals surface area contributed by atoms with Gasteiger partial charge in [-0.3, -0.25) is 0 Å². The number of benzene rings is 2. The molecule has 0 aliphatic heterocycles. The Hall–Kier alpha value is -2.49. The Balaban J connectivity index is 2.45. The number of hydrogen-bond acceptors (Lipinski definition) is 3. The predicted molar refractivity (Wildman–Crippen MR) is 75.4 cm³/mol. The number of para-hydroxylation sites is 1. The third-order valence-corrected chi connectivity index (χ3v) is 3.16. The van der Waals surface area contributed by atoms with Crippen LogP contribution < -0.4 is 4.90 Å². The van der Waals surface area contributed by atoms with E-state index in [1.165, 1.54) is 0 Å². The highest BCUT2D eigenvalue weighted by atomic mass is 35.5. The Labute approximate surface area is 116 Å². The molecule has 4 heteroatoms. The first kappa shape index (κ1) is 13.0. The van der Waals surface area contributed by atoms with Crippen molar-refractivity contribution in [1.29, 1.82) is 10.5 Å². The van der Waals surface area contributed by atoms with Crippen LogP contribution in [0.4, 0.5) is 11.4 Å². The summed E-state index contributed by atoms with van der Waals surface area (Å²) in [5, 5.41) is 18.4. The summed E-state index contributed by atoms with van der Waals surface area (Å²) in [6, 6.07) is 16.7. The summed E-state index contributed by atoms with van der Waals surface area (Å²) in [5.74, 6) is 0. The third kappa shape index (κ3) is 2.52. The van der Waals surface area contributed by atoms with Gasteiger partial charge in [0, 0.05) is 12.7 Å². The largest absolute Gasteiger partial charge is 0.344 e. The quantitative estimate of drug-likeness (QED) is 0.830. The molecule has 19 heavy (non-hydrogen) atoms. The van der Waals surface area contributed by atoms with Gasteiger partial charge in [0.2, 0.25) is 0 Å². The van der Waals surface area contributed by atoms with Gasteiger partial charge >= 0.3 is 0 Å². The van der Waals surface area contributed by atoms with E-state index in [-0.39, 0.29) is 0 Å². The lowest BCUT2D eigenvalue weighted by atomic mass is 10.1. The summed E-state index contributed by atoms with van der Waals surface area (Å²) in [5.41, 5.74) is 2.65. The van der Waals surface area contributed by atoms with Crippen LogP contribution in [0.3, 0.4) is 0 Å². The first-order valence-electron chi connectivity index (χ1n) is 5.60. The Morgan fingerprint density at radius 3 is 2.32 bits per heavy atom. The van der Waals surface area contributed by atoms with Crippen LogP contribution in [-0.4, -0.2) is 7.05 Å². The lowest BCUT2D eigenvalue weighted by Gasteiger charge is -2.21. The minimum atomic E-state index is 0.404. The van der Waals surface area contributed by atoms with Crippen LogP contribution in [0.5, 0.6) is 0 Å². The van der Waals surface area contributed by atoms with Gasteiger partial charge < -0.3 is 4.90 Å². The first-order chi connectivity index (χ1) is 9.17. The molecule has 0 bridgehead atoms. The summed E-state index contributed by atoms with van der Waals surface area (Å²) in [4.78, 5) is 1.87. The number of nitriles is 2. The zero-order valence-corrected chi connectivity index (χ0v) is 11.0. The normalized spacial score (nSPS) is 9.47. The van der Waals surface area contributed by atoms with Gasteiger partial charge in [-0.1, -0.05) is 23.7 Å². The topological polar surface area (TPSA) is 50.8 Å². The molecule has 0 radical (unpaired) electrons. The fourth-order valence-electron chi connectivity index (χ4n) is 1.80. The molecule has 92 valence electrons. The molecule has 2 aromatic carbocycles. The van der Waals surface area contributed by atoms with E-state index in [9.17, 15) is 0 Å². The second-order valence-corrected chi connectivity index (χ2v) is 4.37. The minimum absolute atomic E-state index is 0.404. The van der Waals surface area contributed by atoms with Crippen molar-refractivity contribution in [1.82, 2.24) is 0 Å². The standard InChI is InChI=1S/C15H10ClN3/c1-19(15-5-3-2-4-12(15)10-18)13-7-6-11(9-17)14(16)8-13/h2-8H,1H3. The van der Waals surface area contributed by atoms with Gasteiger partial charge in [0.25, 0.3) is 0 Å². The number of nitrogens with zero attached hydrogens (tertiary/aromatic N) is 3. The smallest absolute Gasteiger partial charge is 0.101 e. The molecule has 0 unspecified atom stereocenters. The van der Waals surface area contributed by atoms with Crippen molar-refractivity contribution >= 4 is 23.0 Å². The first-order valence-corrected chi connectivity index (χ1v) is 5.97. The van der Waals surface area contributed by atoms with Gasteiger partial charge in [-0.2, -0.15) is 10.5 Å². The second kappa shape index (κ2) is 5.44. The number of hydrogen-bond donors (Lipinski definition) is 0. The van der Waals surface area contributed by atoms with Gasteiger partial charge in [0.1, 0.15) is 12.1 Å². The van der Waals surface area contributed by atoms with Crippen molar-refractivity contribution in [2.45, 2.75) is 0 Å². The van der Waals surface area contributed by atoms with Crippen molar-refractivity contribution in [2.24, 2.45) is 0 Å². The maximum atomic E-state index is 9.11. The zero-order valence-electron chi connectivity index (χ0n) is 10.3. The Morgan fingerprint density at radius 2 is 1.68 bits per heavy atom. The van der Waals surface area contributed by atoms with Crippen LogP contribution in [0.25, 0.3) is 0 Å². The molecular formula is C15H10ClN3. The van der Waals surface area contributed by atoms with E-state index in [1.54, 1.807) is 24.3 Å². The maximum absolute atomic E-state index is 9.11. The van der Waals surface area contributed by atoms with Gasteiger partial charge in [-0.25, -0.2) is 0 Å². The Morgan fingerprint density at radius 1 is 1.00 bits per heavy atom. The van der Waals surface area contributed by atoms with E-state index in [4.69, 9.17) is 22.1 Å². The molecule has 0 spiro atoms. The van der Waals surface area contributed by atoms with E-state index in [0.29, 0.717) is 16.1 Å². The third-order valence-electron chi connectivity index (χ3n) is 2.85. The van der Waals surface area contributed by atoms with Crippen molar-refractivity contribution in [3.8, 4) is 12.1 Å². The molecule has 2 rings (SSSR count). The molecule has 0 fully saturated rings. The summed E-state index contributed by atoms with van der Waals surface area (Å²) < 4.78 is 0. The molecule has 0 heterocycles. The number of halogens is 1. The summed E-state index contributed by atoms with van der Waals surface area (Å²) >= 11 is 6.02. The van der Waals surface area contributed by atoms with Gasteiger partial charge in [-0.15, -0.1) is 0 Å². The van der Waals surface area contributed by atoms with Crippen LogP contribution in [0.1, 0.15) is 11.1 Å². The van der Waals surface area contributed by atoms with E-state index < -0.39 is 0 Å². The van der Waals surface area contributed by atoms with Gasteiger partial charge in [0.15, 0.2) is 0 Å². The highest BCUT2D eigenvalue weighted by Crippen LogP contribution is 2.29. The van der Waals surface area contributed by atoms with Crippen molar-refractivity contribution in [3.63, 3.8) is 0 Å². The average molecular weight is 268 g/mol. The van der Waals surface area contributed by atoms with Crippen molar-refractivity contribution in [3.05, 3.63) is 58.6 Å². The molecule has 0 aliphatic carbocycles. The number of rotatable bonds is 2. The SMILES string of the molecule is CN(c1ccc(C#N)c(Cl)c1)c1ccccc1C#N. The molecule has 2 aromatic rings. The summed E-state index contributed by atoms with van der Waals surface area (Å²) in [6.45, 7) is 0. The van der Waals surface area contributed by atoms with Crippen LogP contribution in [-0.2, 0) is 0 Å². The predicted octanol–water partition coefficient (Wildman–Crippen LogP) is 3.85. The molecule has 0 atom stereocenters. The molecule has 0 aromatic heterocycles. The van der Waals surface area contributed by atoms with Gasteiger partial charge in [-0.05, 0) is 30.3 Å². The van der Waals surface area contributed by atoms with E-state index in [2.05, 4.69) is 6.07 Å². The average Bonchev–Trinajstić information content (AvgIpc) is 2.46. The van der Waals surface area contributed by atoms with Crippen LogP contribution >= 0.6 is 11.6 Å². The van der Waals surface area contributed by atoms with Crippen molar-refractivity contribution in [2.75, 3.05) is 11.9 Å². The summed E-state index contributed by atoms with van der Waals surface area (Å²) in [7, 11) is 1.86. The van der Waals surface area contributed by atoms with Crippen molar-refractivity contribution < 1.29 is 0 Å². The maximum Gasteiger partial charge on any atom is 0.101 e. The fraction of sp³-hybridized carbons (Fsp3) is 0.0667. The second-order valence-electron chi connectivity index (χ2n) is 3.96. The Kier molecular flexibility index (Phi) is 3.71. The monoisotopic (exact) mass is 267 g/mol. The highest BCUT2D eigenvalue weighted by Gasteiger charge is 2.10.